The van der Waals surface area contributed by atoms with E-state index in [0.29, 0.717) is 5.02 Å². The van der Waals surface area contributed by atoms with E-state index in [2.05, 4.69) is 0 Å². The van der Waals surface area contributed by atoms with E-state index in [4.69, 9.17) is 26.5 Å². The van der Waals surface area contributed by atoms with Crippen molar-refractivity contribution in [3.8, 4) is 0 Å². The number of furan rings is 1. The molecule has 3 nitrogen and oxygen atoms in total. The molecule has 2 N–H and O–H groups in total. The molecule has 96 valence electrons. The van der Waals surface area contributed by atoms with Crippen molar-refractivity contribution in [3.05, 3.63) is 35.0 Å². The maximum atomic E-state index is 6.17. The van der Waals surface area contributed by atoms with Crippen molar-refractivity contribution in [2.24, 2.45) is 5.73 Å². The van der Waals surface area contributed by atoms with Gasteiger partial charge in [-0.1, -0.05) is 23.7 Å². The highest BCUT2D eigenvalue weighted by atomic mass is 35.5. The highest BCUT2D eigenvalue weighted by Gasteiger charge is 2.22. The molecule has 0 radical (unpaired) electrons. The smallest absolute Gasteiger partial charge is 0.152 e. The molecule has 1 aliphatic heterocycles. The summed E-state index contributed by atoms with van der Waals surface area (Å²) in [7, 11) is 0. The van der Waals surface area contributed by atoms with E-state index in [1.165, 1.54) is 0 Å². The van der Waals surface area contributed by atoms with Crippen LogP contribution in [0, 0.1) is 0 Å². The number of hydrogen-bond donors (Lipinski definition) is 1. The van der Waals surface area contributed by atoms with Crippen molar-refractivity contribution in [2.75, 3.05) is 6.61 Å². The molecule has 1 aromatic carbocycles. The van der Waals surface area contributed by atoms with E-state index < -0.39 is 0 Å². The van der Waals surface area contributed by atoms with Gasteiger partial charge in [0.1, 0.15) is 5.76 Å². The van der Waals surface area contributed by atoms with Gasteiger partial charge in [0, 0.05) is 12.0 Å². The van der Waals surface area contributed by atoms with Gasteiger partial charge in [-0.2, -0.15) is 0 Å². The van der Waals surface area contributed by atoms with Crippen LogP contribution in [0.3, 0.4) is 0 Å². The summed E-state index contributed by atoms with van der Waals surface area (Å²) in [6.45, 7) is 0.851. The average Bonchev–Trinajstić information content (AvgIpc) is 2.97. The fourth-order valence-corrected chi connectivity index (χ4v) is 2.68. The summed E-state index contributed by atoms with van der Waals surface area (Å²) in [6, 6.07) is 7.56. The van der Waals surface area contributed by atoms with E-state index in [-0.39, 0.29) is 12.1 Å². The molecule has 1 aromatic heterocycles. The molecule has 1 saturated heterocycles. The van der Waals surface area contributed by atoms with Crippen LogP contribution in [0.1, 0.15) is 31.1 Å². The van der Waals surface area contributed by atoms with Crippen molar-refractivity contribution < 1.29 is 9.15 Å². The van der Waals surface area contributed by atoms with Crippen molar-refractivity contribution >= 4 is 22.6 Å². The number of rotatable bonds is 3. The second-order valence-corrected chi connectivity index (χ2v) is 5.19. The van der Waals surface area contributed by atoms with Gasteiger partial charge in [-0.15, -0.1) is 0 Å². The second kappa shape index (κ2) is 4.92. The predicted molar refractivity (Wildman–Crippen MR) is 71.7 cm³/mol. The number of benzene rings is 1. The third-order valence-electron chi connectivity index (χ3n) is 3.42. The third-order valence-corrected chi connectivity index (χ3v) is 3.72. The summed E-state index contributed by atoms with van der Waals surface area (Å²) in [5.74, 6) is 0.786. The normalized spacial score (nSPS) is 21.6. The minimum atomic E-state index is -0.128. The minimum Gasteiger partial charge on any atom is -0.458 e. The molecule has 0 saturated carbocycles. The average molecular weight is 266 g/mol. The maximum absolute atomic E-state index is 6.17. The number of ether oxygens (including phenoxy) is 1. The summed E-state index contributed by atoms with van der Waals surface area (Å²) in [4.78, 5) is 0. The van der Waals surface area contributed by atoms with Crippen LogP contribution in [0.5, 0.6) is 0 Å². The van der Waals surface area contributed by atoms with Gasteiger partial charge in [0.2, 0.25) is 0 Å². The van der Waals surface area contributed by atoms with Crippen molar-refractivity contribution in [1.29, 1.82) is 0 Å². The largest absolute Gasteiger partial charge is 0.458 e. The van der Waals surface area contributed by atoms with Gasteiger partial charge in [0.15, 0.2) is 5.58 Å². The molecule has 4 heteroatoms. The lowest BCUT2D eigenvalue weighted by Gasteiger charge is -2.13. The monoisotopic (exact) mass is 265 g/mol. The van der Waals surface area contributed by atoms with Gasteiger partial charge < -0.3 is 14.9 Å². The molecule has 2 heterocycles. The summed E-state index contributed by atoms with van der Waals surface area (Å²) in [6.07, 6.45) is 3.29. The topological polar surface area (TPSA) is 48.4 Å². The number of fused-ring (bicyclic) bond motifs is 1. The van der Waals surface area contributed by atoms with Crippen LogP contribution < -0.4 is 5.73 Å². The van der Waals surface area contributed by atoms with E-state index in [1.807, 2.05) is 24.3 Å². The number of para-hydroxylation sites is 1. The second-order valence-electron chi connectivity index (χ2n) is 4.78. The Balaban J connectivity index is 1.82. The summed E-state index contributed by atoms with van der Waals surface area (Å²) in [5.41, 5.74) is 6.89. The number of halogens is 1. The molecule has 0 aliphatic carbocycles. The molecule has 2 aromatic rings. The van der Waals surface area contributed by atoms with E-state index in [9.17, 15) is 0 Å². The fourth-order valence-electron chi connectivity index (χ4n) is 2.46. The number of nitrogens with two attached hydrogens (primary N) is 1. The zero-order valence-corrected chi connectivity index (χ0v) is 10.8. The first-order valence-electron chi connectivity index (χ1n) is 6.29. The Morgan fingerprint density at radius 3 is 3.06 bits per heavy atom. The Labute approximate surface area is 111 Å². The van der Waals surface area contributed by atoms with Crippen molar-refractivity contribution in [1.82, 2.24) is 0 Å². The maximum Gasteiger partial charge on any atom is 0.152 e. The molecule has 2 atom stereocenters. The highest BCUT2D eigenvalue weighted by molar-refractivity contribution is 6.34. The van der Waals surface area contributed by atoms with E-state index in [0.717, 1.165) is 42.6 Å². The van der Waals surface area contributed by atoms with Gasteiger partial charge >= 0.3 is 0 Å². The van der Waals surface area contributed by atoms with Crippen LogP contribution in [0.4, 0.5) is 0 Å². The zero-order valence-electron chi connectivity index (χ0n) is 10.1. The molecule has 18 heavy (non-hydrogen) atoms. The SMILES string of the molecule is NC(CC1CCCO1)c1cc2cccc(Cl)c2o1. The molecule has 0 bridgehead atoms. The van der Waals surface area contributed by atoms with Gasteiger partial charge in [-0.25, -0.2) is 0 Å². The lowest BCUT2D eigenvalue weighted by atomic mass is 10.1. The van der Waals surface area contributed by atoms with Crippen LogP contribution in [-0.2, 0) is 4.74 Å². The van der Waals surface area contributed by atoms with E-state index >= 15 is 0 Å². The predicted octanol–water partition coefficient (Wildman–Crippen LogP) is 3.66. The van der Waals surface area contributed by atoms with Crippen LogP contribution in [0.15, 0.2) is 28.7 Å². The first kappa shape index (κ1) is 12.0. The first-order valence-corrected chi connectivity index (χ1v) is 6.67. The highest BCUT2D eigenvalue weighted by Crippen LogP contribution is 2.31. The molecule has 0 spiro atoms. The molecule has 3 rings (SSSR count). The molecule has 1 aliphatic rings. The van der Waals surface area contributed by atoms with Crippen LogP contribution in [-0.4, -0.2) is 12.7 Å². The minimum absolute atomic E-state index is 0.128. The van der Waals surface area contributed by atoms with Gasteiger partial charge in [-0.3, -0.25) is 0 Å². The Bertz CT molecular complexity index is 546. The van der Waals surface area contributed by atoms with E-state index in [1.54, 1.807) is 0 Å². The first-order chi connectivity index (χ1) is 8.74. The van der Waals surface area contributed by atoms with Gasteiger partial charge in [-0.05, 0) is 31.4 Å². The van der Waals surface area contributed by atoms with Gasteiger partial charge in [0.25, 0.3) is 0 Å². The Hall–Kier alpha value is -1.03. The zero-order chi connectivity index (χ0) is 12.5. The van der Waals surface area contributed by atoms with Gasteiger partial charge in [0.05, 0.1) is 17.2 Å². The lowest BCUT2D eigenvalue weighted by Crippen LogP contribution is -2.17. The summed E-state index contributed by atoms with van der Waals surface area (Å²) >= 11 is 6.09. The Kier molecular flexibility index (Phi) is 3.29. The Morgan fingerprint density at radius 2 is 2.33 bits per heavy atom. The van der Waals surface area contributed by atoms with Crippen LogP contribution >= 0.6 is 11.6 Å². The summed E-state index contributed by atoms with van der Waals surface area (Å²) in [5, 5.41) is 1.63. The van der Waals surface area contributed by atoms with Crippen LogP contribution in [0.25, 0.3) is 11.0 Å². The molecular formula is C14H16ClNO2. The Morgan fingerprint density at radius 1 is 1.44 bits per heavy atom. The fraction of sp³-hybridized carbons (Fsp3) is 0.429. The van der Waals surface area contributed by atoms with Crippen molar-refractivity contribution in [3.63, 3.8) is 0 Å². The lowest BCUT2D eigenvalue weighted by molar-refractivity contribution is 0.0965. The molecule has 1 fully saturated rings. The summed E-state index contributed by atoms with van der Waals surface area (Å²) < 4.78 is 11.4. The standard InChI is InChI=1S/C14H16ClNO2/c15-11-5-1-3-9-7-13(18-14(9)11)12(16)8-10-4-2-6-17-10/h1,3,5,7,10,12H,2,4,6,8,16H2. The molecular weight excluding hydrogens is 250 g/mol. The molecule has 2 unspecified atom stereocenters. The third kappa shape index (κ3) is 2.26. The quantitative estimate of drug-likeness (QED) is 0.921. The molecule has 0 amide bonds. The van der Waals surface area contributed by atoms with Crippen LogP contribution in [0.2, 0.25) is 5.02 Å². The van der Waals surface area contributed by atoms with Crippen molar-refractivity contribution in [2.45, 2.75) is 31.4 Å². The number of hydrogen-bond acceptors (Lipinski definition) is 3.